The first-order valence-corrected chi connectivity index (χ1v) is 10.4. The molecule has 0 unspecified atom stereocenters. The van der Waals surface area contributed by atoms with E-state index in [4.69, 9.17) is 4.74 Å². The van der Waals surface area contributed by atoms with E-state index in [9.17, 15) is 8.42 Å². The first-order chi connectivity index (χ1) is 11.0. The number of thioether (sulfide) groups is 1. The summed E-state index contributed by atoms with van der Waals surface area (Å²) >= 11 is 1.78. The van der Waals surface area contributed by atoms with Gasteiger partial charge in [0.2, 0.25) is 0 Å². The first-order valence-electron chi connectivity index (χ1n) is 7.39. The van der Waals surface area contributed by atoms with Crippen molar-refractivity contribution in [3.05, 3.63) is 30.3 Å². The number of hydrogen-bond acceptors (Lipinski definition) is 5. The van der Waals surface area contributed by atoms with Crippen LogP contribution < -0.4 is 10.6 Å². The van der Waals surface area contributed by atoms with Crippen LogP contribution in [-0.4, -0.2) is 65.5 Å². The van der Waals surface area contributed by atoms with Crippen LogP contribution in [0.2, 0.25) is 0 Å². The lowest BCUT2D eigenvalue weighted by Gasteiger charge is -2.11. The monoisotopic (exact) mass is 487 g/mol. The highest BCUT2D eigenvalue weighted by Gasteiger charge is 2.01. The normalized spacial score (nSPS) is 11.7. The van der Waals surface area contributed by atoms with E-state index in [-0.39, 0.29) is 36.3 Å². The number of rotatable bonds is 10. The molecule has 0 saturated heterocycles. The molecule has 6 nitrogen and oxygen atoms in total. The van der Waals surface area contributed by atoms with Gasteiger partial charge in [-0.25, -0.2) is 8.42 Å². The molecule has 1 aromatic carbocycles. The molecule has 0 aliphatic carbocycles. The molecule has 0 spiro atoms. The predicted molar refractivity (Wildman–Crippen MR) is 112 cm³/mol. The Morgan fingerprint density at radius 2 is 1.83 bits per heavy atom. The van der Waals surface area contributed by atoms with Crippen molar-refractivity contribution < 1.29 is 13.2 Å². The molecular formula is C15H26IN3O3S2. The fourth-order valence-electron chi connectivity index (χ4n) is 1.63. The van der Waals surface area contributed by atoms with Gasteiger partial charge in [0.05, 0.1) is 19.0 Å². The highest BCUT2D eigenvalue weighted by atomic mass is 127. The molecule has 1 rings (SSSR count). The van der Waals surface area contributed by atoms with Crippen LogP contribution in [0.3, 0.4) is 0 Å². The van der Waals surface area contributed by atoms with Crippen molar-refractivity contribution in [3.8, 4) is 0 Å². The van der Waals surface area contributed by atoms with Gasteiger partial charge in [-0.2, -0.15) is 0 Å². The van der Waals surface area contributed by atoms with Crippen LogP contribution >= 0.6 is 35.7 Å². The molecule has 0 aliphatic rings. The van der Waals surface area contributed by atoms with E-state index in [2.05, 4.69) is 27.8 Å². The van der Waals surface area contributed by atoms with Crippen molar-refractivity contribution in [2.24, 2.45) is 4.99 Å². The van der Waals surface area contributed by atoms with E-state index < -0.39 is 9.84 Å². The van der Waals surface area contributed by atoms with Crippen molar-refractivity contribution in [2.75, 3.05) is 51.1 Å². The molecule has 9 heteroatoms. The average Bonchev–Trinajstić information content (AvgIpc) is 2.52. The average molecular weight is 487 g/mol. The van der Waals surface area contributed by atoms with Gasteiger partial charge in [0, 0.05) is 37.0 Å². The lowest BCUT2D eigenvalue weighted by molar-refractivity contribution is 0.154. The molecule has 0 heterocycles. The lowest BCUT2D eigenvalue weighted by Crippen LogP contribution is -2.40. The van der Waals surface area contributed by atoms with E-state index in [0.29, 0.717) is 19.1 Å². The maximum Gasteiger partial charge on any atom is 0.191 e. The maximum absolute atomic E-state index is 10.9. The third kappa shape index (κ3) is 12.8. The molecule has 0 radical (unpaired) electrons. The fourth-order valence-corrected chi connectivity index (χ4v) is 2.84. The molecule has 1 aromatic rings. The second-order valence-corrected chi connectivity index (χ2v) is 8.26. The van der Waals surface area contributed by atoms with Crippen molar-refractivity contribution in [1.29, 1.82) is 0 Å². The molecule has 0 aliphatic heterocycles. The highest BCUT2D eigenvalue weighted by Crippen LogP contribution is 2.15. The van der Waals surface area contributed by atoms with Crippen LogP contribution in [0.15, 0.2) is 40.2 Å². The van der Waals surface area contributed by atoms with Gasteiger partial charge in [-0.05, 0) is 12.1 Å². The zero-order valence-electron chi connectivity index (χ0n) is 14.0. The zero-order valence-corrected chi connectivity index (χ0v) is 18.0. The Morgan fingerprint density at radius 1 is 1.17 bits per heavy atom. The third-order valence-corrected chi connectivity index (χ3v) is 4.69. The summed E-state index contributed by atoms with van der Waals surface area (Å²) in [6.45, 7) is 2.04. The highest BCUT2D eigenvalue weighted by molar-refractivity contribution is 14.0. The van der Waals surface area contributed by atoms with Gasteiger partial charge >= 0.3 is 0 Å². The van der Waals surface area contributed by atoms with Crippen LogP contribution in [-0.2, 0) is 14.6 Å². The molecule has 24 heavy (non-hydrogen) atoms. The van der Waals surface area contributed by atoms with Crippen molar-refractivity contribution >= 4 is 51.5 Å². The Balaban J connectivity index is 0.00000529. The minimum atomic E-state index is -2.95. The van der Waals surface area contributed by atoms with Gasteiger partial charge < -0.3 is 15.4 Å². The second kappa shape index (κ2) is 13.7. The number of nitrogens with zero attached hydrogens (tertiary/aromatic N) is 1. The minimum Gasteiger partial charge on any atom is -0.379 e. The number of sulfone groups is 1. The molecule has 0 amide bonds. The summed E-state index contributed by atoms with van der Waals surface area (Å²) in [5.41, 5.74) is 0. The van der Waals surface area contributed by atoms with Gasteiger partial charge in [0.25, 0.3) is 0 Å². The van der Waals surface area contributed by atoms with Gasteiger partial charge in [-0.15, -0.1) is 35.7 Å². The first kappa shape index (κ1) is 23.5. The molecule has 0 fully saturated rings. The van der Waals surface area contributed by atoms with Crippen LogP contribution in [0.1, 0.15) is 0 Å². The number of aliphatic imine (C=N–C) groups is 1. The molecule has 2 N–H and O–H groups in total. The third-order valence-electron chi connectivity index (χ3n) is 2.77. The fraction of sp³-hybridized carbons (Fsp3) is 0.533. The summed E-state index contributed by atoms with van der Waals surface area (Å²) < 4.78 is 27.1. The quantitative estimate of drug-likeness (QED) is 0.172. The van der Waals surface area contributed by atoms with Gasteiger partial charge in [0.15, 0.2) is 5.96 Å². The SMILES string of the molecule is CN=C(NCCOCCS(C)(=O)=O)NCCSc1ccccc1.I. The van der Waals surface area contributed by atoms with E-state index in [1.165, 1.54) is 11.2 Å². The Hall–Kier alpha value is -0.520. The van der Waals surface area contributed by atoms with E-state index in [0.717, 1.165) is 12.3 Å². The zero-order chi connectivity index (χ0) is 17.0. The predicted octanol–water partition coefficient (Wildman–Crippen LogP) is 1.62. The summed E-state index contributed by atoms with van der Waals surface area (Å²) in [5, 5.41) is 6.34. The van der Waals surface area contributed by atoms with Crippen LogP contribution in [0.4, 0.5) is 0 Å². The molecule has 0 aromatic heterocycles. The van der Waals surface area contributed by atoms with Gasteiger partial charge in [0.1, 0.15) is 9.84 Å². The minimum absolute atomic E-state index is 0. The summed E-state index contributed by atoms with van der Waals surface area (Å²) in [7, 11) is -1.24. The summed E-state index contributed by atoms with van der Waals surface area (Å²) in [5.74, 6) is 1.71. The van der Waals surface area contributed by atoms with Crippen molar-refractivity contribution in [2.45, 2.75) is 4.90 Å². The Morgan fingerprint density at radius 3 is 2.46 bits per heavy atom. The molecule has 0 atom stereocenters. The van der Waals surface area contributed by atoms with Crippen molar-refractivity contribution in [1.82, 2.24) is 10.6 Å². The standard InChI is InChI=1S/C15H25N3O3S2.HI/c1-16-15(17-8-10-21-11-13-23(2,19)20)18-9-12-22-14-6-4-3-5-7-14;/h3-7H,8-13H2,1-2H3,(H2,16,17,18);1H. The van der Waals surface area contributed by atoms with Gasteiger partial charge in [-0.3, -0.25) is 4.99 Å². The van der Waals surface area contributed by atoms with E-state index >= 15 is 0 Å². The Kier molecular flexibility index (Phi) is 13.4. The summed E-state index contributed by atoms with van der Waals surface area (Å²) in [6.07, 6.45) is 1.20. The molecule has 138 valence electrons. The number of nitrogens with one attached hydrogen (secondary N) is 2. The van der Waals surface area contributed by atoms with Crippen LogP contribution in [0.25, 0.3) is 0 Å². The second-order valence-electron chi connectivity index (χ2n) is 4.83. The number of benzene rings is 1. The van der Waals surface area contributed by atoms with E-state index in [1.807, 2.05) is 18.2 Å². The Labute approximate surface area is 166 Å². The van der Waals surface area contributed by atoms with Crippen LogP contribution in [0, 0.1) is 0 Å². The van der Waals surface area contributed by atoms with Crippen molar-refractivity contribution in [3.63, 3.8) is 0 Å². The Bertz CT molecular complexity index is 569. The maximum atomic E-state index is 10.9. The number of halogens is 1. The number of ether oxygens (including phenoxy) is 1. The lowest BCUT2D eigenvalue weighted by atomic mass is 10.4. The molecular weight excluding hydrogens is 461 g/mol. The molecule has 0 bridgehead atoms. The van der Waals surface area contributed by atoms with E-state index in [1.54, 1.807) is 18.8 Å². The van der Waals surface area contributed by atoms with Gasteiger partial charge in [-0.1, -0.05) is 18.2 Å². The van der Waals surface area contributed by atoms with Crippen LogP contribution in [0.5, 0.6) is 0 Å². The topological polar surface area (TPSA) is 79.8 Å². The largest absolute Gasteiger partial charge is 0.379 e. The number of guanidine groups is 1. The summed E-state index contributed by atoms with van der Waals surface area (Å²) in [6, 6.07) is 10.2. The summed E-state index contributed by atoms with van der Waals surface area (Å²) in [4.78, 5) is 5.37. The number of hydrogen-bond donors (Lipinski definition) is 2. The molecule has 0 saturated carbocycles. The smallest absolute Gasteiger partial charge is 0.191 e.